The molecule has 0 aromatic rings. The van der Waals surface area contributed by atoms with E-state index in [1.807, 2.05) is 0 Å². The summed E-state index contributed by atoms with van der Waals surface area (Å²) in [4.78, 5) is 10.1. The van der Waals surface area contributed by atoms with E-state index in [0.29, 0.717) is 0 Å². The van der Waals surface area contributed by atoms with Crippen LogP contribution in [0.5, 0.6) is 0 Å². The quantitative estimate of drug-likeness (QED) is 0.425. The van der Waals surface area contributed by atoms with E-state index in [0.717, 1.165) is 0 Å². The second-order valence-electron chi connectivity index (χ2n) is 1.31. The van der Waals surface area contributed by atoms with Crippen LogP contribution in [0.2, 0.25) is 0 Å². The minimum absolute atomic E-state index is 0.211. The number of hydrogen-bond donors (Lipinski definition) is 0. The van der Waals surface area contributed by atoms with E-state index in [2.05, 4.69) is 11.3 Å². The Kier molecular flexibility index (Phi) is 3.48. The van der Waals surface area contributed by atoms with Gasteiger partial charge < -0.3 is 4.74 Å². The van der Waals surface area contributed by atoms with Gasteiger partial charge in [-0.3, -0.25) is 4.79 Å². The Balaban J connectivity index is 3.49. The zero-order valence-electron chi connectivity index (χ0n) is 4.61. The second kappa shape index (κ2) is 3.64. The molecular weight excluding hydrogens is 128 g/mol. The van der Waals surface area contributed by atoms with E-state index >= 15 is 0 Å². The lowest BCUT2D eigenvalue weighted by Crippen LogP contribution is -1.98. The summed E-state index contributed by atoms with van der Waals surface area (Å²) in [5.41, 5.74) is 0.286. The largest absolute Gasteiger partial charge is 0.380 e. The van der Waals surface area contributed by atoms with Crippen LogP contribution in [0.4, 0.5) is 0 Å². The molecule has 0 bridgehead atoms. The highest BCUT2D eigenvalue weighted by Gasteiger charge is 1.99. The van der Waals surface area contributed by atoms with Gasteiger partial charge in [-0.1, -0.05) is 6.58 Å². The third-order valence-electron chi connectivity index (χ3n) is 0.597. The third kappa shape index (κ3) is 2.77. The number of ether oxygens (including phenoxy) is 1. The molecule has 0 atom stereocenters. The maximum Gasteiger partial charge on any atom is 0.250 e. The molecule has 0 saturated heterocycles. The highest BCUT2D eigenvalue weighted by Crippen LogP contribution is 1.95. The summed E-state index contributed by atoms with van der Waals surface area (Å²) in [6.45, 7) is 3.55. The standard InChI is InChI=1S/C5H7ClO2/c1-4(3-8-2)5(6)7/h1,3H2,2H3. The zero-order chi connectivity index (χ0) is 6.57. The molecule has 0 aliphatic rings. The third-order valence-corrected chi connectivity index (χ3v) is 0.864. The van der Waals surface area contributed by atoms with Crippen LogP contribution in [0, 0.1) is 0 Å². The monoisotopic (exact) mass is 134 g/mol. The molecule has 0 heterocycles. The highest BCUT2D eigenvalue weighted by atomic mass is 35.5. The molecule has 0 aliphatic carbocycles. The van der Waals surface area contributed by atoms with Gasteiger partial charge in [0, 0.05) is 12.7 Å². The van der Waals surface area contributed by atoms with Crippen LogP contribution in [0.25, 0.3) is 0 Å². The van der Waals surface area contributed by atoms with E-state index < -0.39 is 5.24 Å². The summed E-state index contributed by atoms with van der Waals surface area (Å²) >= 11 is 4.99. The highest BCUT2D eigenvalue weighted by molar-refractivity contribution is 6.67. The number of carbonyl (C=O) groups excluding carboxylic acids is 1. The molecular formula is C5H7ClO2. The van der Waals surface area contributed by atoms with Crippen molar-refractivity contribution in [2.45, 2.75) is 0 Å². The van der Waals surface area contributed by atoms with Gasteiger partial charge >= 0.3 is 0 Å². The summed E-state index contributed by atoms with van der Waals surface area (Å²) < 4.78 is 4.56. The first-order valence-corrected chi connectivity index (χ1v) is 2.43. The van der Waals surface area contributed by atoms with Crippen molar-refractivity contribution >= 4 is 16.8 Å². The van der Waals surface area contributed by atoms with Crippen molar-refractivity contribution in [3.8, 4) is 0 Å². The van der Waals surface area contributed by atoms with Gasteiger partial charge in [0.2, 0.25) is 5.24 Å². The Hall–Kier alpha value is -0.340. The molecule has 0 radical (unpaired) electrons. The molecule has 46 valence electrons. The predicted molar refractivity (Wildman–Crippen MR) is 31.9 cm³/mol. The number of rotatable bonds is 3. The van der Waals surface area contributed by atoms with Crippen molar-refractivity contribution in [2.75, 3.05) is 13.7 Å². The molecule has 0 amide bonds. The second-order valence-corrected chi connectivity index (χ2v) is 1.65. The summed E-state index contributed by atoms with van der Waals surface area (Å²) in [6.07, 6.45) is 0. The molecule has 0 rings (SSSR count). The van der Waals surface area contributed by atoms with Crippen molar-refractivity contribution in [3.05, 3.63) is 12.2 Å². The molecule has 2 nitrogen and oxygen atoms in total. The number of halogens is 1. The Morgan fingerprint density at radius 1 is 1.88 bits per heavy atom. The van der Waals surface area contributed by atoms with Crippen molar-refractivity contribution in [2.24, 2.45) is 0 Å². The molecule has 3 heteroatoms. The van der Waals surface area contributed by atoms with Crippen LogP contribution in [-0.4, -0.2) is 19.0 Å². The number of hydrogen-bond acceptors (Lipinski definition) is 2. The first-order valence-electron chi connectivity index (χ1n) is 2.05. The Morgan fingerprint density at radius 2 is 2.38 bits per heavy atom. The van der Waals surface area contributed by atoms with Gasteiger partial charge in [0.15, 0.2) is 0 Å². The van der Waals surface area contributed by atoms with Gasteiger partial charge in [-0.2, -0.15) is 0 Å². The first kappa shape index (κ1) is 7.66. The lowest BCUT2D eigenvalue weighted by Gasteiger charge is -1.93. The van der Waals surface area contributed by atoms with E-state index in [4.69, 9.17) is 11.6 Å². The Morgan fingerprint density at radius 3 is 2.50 bits per heavy atom. The lowest BCUT2D eigenvalue weighted by molar-refractivity contribution is -0.109. The summed E-state index contributed by atoms with van der Waals surface area (Å²) in [7, 11) is 1.48. The fraction of sp³-hybridized carbons (Fsp3) is 0.400. The fourth-order valence-corrected chi connectivity index (χ4v) is 0.286. The average molecular weight is 135 g/mol. The Bertz CT molecular complexity index is 109. The van der Waals surface area contributed by atoms with Crippen molar-refractivity contribution in [3.63, 3.8) is 0 Å². The zero-order valence-corrected chi connectivity index (χ0v) is 5.36. The van der Waals surface area contributed by atoms with Crippen LogP contribution in [0.15, 0.2) is 12.2 Å². The summed E-state index contributed by atoms with van der Waals surface area (Å²) in [5.74, 6) is 0. The number of carbonyl (C=O) groups is 1. The van der Waals surface area contributed by atoms with Crippen LogP contribution in [0.1, 0.15) is 0 Å². The minimum atomic E-state index is -0.535. The van der Waals surface area contributed by atoms with E-state index in [1.165, 1.54) is 7.11 Å². The van der Waals surface area contributed by atoms with Gasteiger partial charge in [0.1, 0.15) is 0 Å². The van der Waals surface area contributed by atoms with Crippen LogP contribution >= 0.6 is 11.6 Å². The van der Waals surface area contributed by atoms with Crippen molar-refractivity contribution < 1.29 is 9.53 Å². The molecule has 8 heavy (non-hydrogen) atoms. The molecule has 0 saturated carbocycles. The minimum Gasteiger partial charge on any atom is -0.380 e. The molecule has 0 spiro atoms. The maximum absolute atomic E-state index is 10.1. The van der Waals surface area contributed by atoms with Crippen molar-refractivity contribution in [1.82, 2.24) is 0 Å². The predicted octanol–water partition coefficient (Wildman–Crippen LogP) is 0.954. The van der Waals surface area contributed by atoms with E-state index in [1.54, 1.807) is 0 Å². The smallest absolute Gasteiger partial charge is 0.250 e. The van der Waals surface area contributed by atoms with Crippen LogP contribution < -0.4 is 0 Å². The Labute approximate surface area is 53.1 Å². The molecule has 0 unspecified atom stereocenters. The van der Waals surface area contributed by atoms with Gasteiger partial charge in [0.05, 0.1) is 6.61 Å². The van der Waals surface area contributed by atoms with Crippen LogP contribution in [0.3, 0.4) is 0 Å². The van der Waals surface area contributed by atoms with Gasteiger partial charge in [-0.15, -0.1) is 0 Å². The normalized spacial score (nSPS) is 8.75. The summed E-state index contributed by atoms with van der Waals surface area (Å²) in [5, 5.41) is -0.535. The molecule has 0 aromatic carbocycles. The van der Waals surface area contributed by atoms with Crippen molar-refractivity contribution in [1.29, 1.82) is 0 Å². The molecule has 0 aromatic heterocycles. The average Bonchev–Trinajstić information content (AvgIpc) is 1.67. The fourth-order valence-electron chi connectivity index (χ4n) is 0.231. The van der Waals surface area contributed by atoms with Gasteiger partial charge in [-0.25, -0.2) is 0 Å². The topological polar surface area (TPSA) is 26.3 Å². The number of methoxy groups -OCH3 is 1. The SMILES string of the molecule is C=C(COC)C(=O)Cl. The molecule has 0 aliphatic heterocycles. The summed E-state index contributed by atoms with van der Waals surface area (Å²) in [6, 6.07) is 0. The first-order chi connectivity index (χ1) is 3.68. The van der Waals surface area contributed by atoms with Crippen LogP contribution in [-0.2, 0) is 9.53 Å². The lowest BCUT2D eigenvalue weighted by atomic mass is 10.4. The maximum atomic E-state index is 10.1. The molecule has 0 N–H and O–H groups in total. The molecule has 0 fully saturated rings. The van der Waals surface area contributed by atoms with E-state index in [-0.39, 0.29) is 12.2 Å². The van der Waals surface area contributed by atoms with Gasteiger partial charge in [0.25, 0.3) is 0 Å². The van der Waals surface area contributed by atoms with Gasteiger partial charge in [-0.05, 0) is 11.6 Å². The van der Waals surface area contributed by atoms with E-state index in [9.17, 15) is 4.79 Å².